The number of phenols is 1. The Hall–Kier alpha value is -2.02. The van der Waals surface area contributed by atoms with E-state index in [1.807, 2.05) is 36.4 Å². The van der Waals surface area contributed by atoms with Crippen molar-refractivity contribution >= 4 is 21.5 Å². The first-order chi connectivity index (χ1) is 9.24. The van der Waals surface area contributed by atoms with Gasteiger partial charge in [0.1, 0.15) is 5.75 Å². The predicted octanol–water partition coefficient (Wildman–Crippen LogP) is 5.21. The number of benzene rings is 3. The summed E-state index contributed by atoms with van der Waals surface area (Å²) in [6.45, 7) is 4.46. The number of aromatic hydroxyl groups is 1. The summed E-state index contributed by atoms with van der Waals surface area (Å²) in [4.78, 5) is 0. The smallest absolute Gasteiger partial charge is 0.131 e. The molecule has 1 heteroatoms. The van der Waals surface area contributed by atoms with E-state index in [1.165, 1.54) is 16.3 Å². The molecular weight excluding hydrogens is 232 g/mol. The van der Waals surface area contributed by atoms with E-state index in [1.54, 1.807) is 0 Å². The molecule has 0 radical (unpaired) electrons. The summed E-state index contributed by atoms with van der Waals surface area (Å²) in [5, 5.41) is 14.7. The highest BCUT2D eigenvalue weighted by Gasteiger charge is 2.15. The van der Waals surface area contributed by atoms with Crippen LogP contribution in [0.15, 0.2) is 48.5 Å². The first-order valence-corrected chi connectivity index (χ1v) is 6.86. The zero-order valence-electron chi connectivity index (χ0n) is 11.4. The largest absolute Gasteiger partial charge is 0.507 e. The van der Waals surface area contributed by atoms with Gasteiger partial charge in [-0.3, -0.25) is 0 Å². The maximum absolute atomic E-state index is 10.5. The van der Waals surface area contributed by atoms with Crippen molar-refractivity contribution in [3.63, 3.8) is 0 Å². The van der Waals surface area contributed by atoms with Crippen molar-refractivity contribution in [2.24, 2.45) is 0 Å². The second-order valence-corrected chi connectivity index (χ2v) is 5.16. The number of rotatable bonds is 2. The zero-order chi connectivity index (χ0) is 13.4. The molecule has 0 aliphatic rings. The number of phenolic OH excluding ortho intramolecular Hbond substituents is 1. The Labute approximate surface area is 113 Å². The minimum Gasteiger partial charge on any atom is -0.507 e. The van der Waals surface area contributed by atoms with Crippen molar-refractivity contribution in [1.82, 2.24) is 0 Å². The molecule has 1 atom stereocenters. The van der Waals surface area contributed by atoms with Gasteiger partial charge in [0.2, 0.25) is 0 Å². The quantitative estimate of drug-likeness (QED) is 0.619. The van der Waals surface area contributed by atoms with Gasteiger partial charge in [0.05, 0.1) is 0 Å². The topological polar surface area (TPSA) is 20.2 Å². The standard InChI is InChI=1S/C18H18O/c1-3-12(2)17-13-8-4-6-10-15(13)18(19)16-11-7-5-9-14(16)17/h4-12,19H,3H2,1-2H3. The Morgan fingerprint density at radius 3 is 1.68 bits per heavy atom. The minimum atomic E-state index is 0.401. The van der Waals surface area contributed by atoms with E-state index in [-0.39, 0.29) is 0 Å². The van der Waals surface area contributed by atoms with Gasteiger partial charge in [-0.05, 0) is 28.7 Å². The second kappa shape index (κ2) is 4.58. The first-order valence-electron chi connectivity index (χ1n) is 6.86. The normalized spacial score (nSPS) is 12.9. The highest BCUT2D eigenvalue weighted by Crippen LogP contribution is 2.40. The molecule has 96 valence electrons. The summed E-state index contributed by atoms with van der Waals surface area (Å²) in [6, 6.07) is 16.3. The molecule has 0 saturated heterocycles. The fourth-order valence-electron chi connectivity index (χ4n) is 2.87. The van der Waals surface area contributed by atoms with Gasteiger partial charge in [-0.25, -0.2) is 0 Å². The predicted molar refractivity (Wildman–Crippen MR) is 81.8 cm³/mol. The molecule has 3 rings (SSSR count). The minimum absolute atomic E-state index is 0.401. The molecule has 3 aromatic carbocycles. The molecule has 1 nitrogen and oxygen atoms in total. The Kier molecular flexibility index (Phi) is 2.90. The molecule has 3 aromatic rings. The van der Waals surface area contributed by atoms with E-state index in [0.717, 1.165) is 17.2 Å². The Morgan fingerprint density at radius 1 is 0.842 bits per heavy atom. The van der Waals surface area contributed by atoms with Gasteiger partial charge < -0.3 is 5.11 Å². The third kappa shape index (κ3) is 1.77. The molecule has 0 aromatic heterocycles. The van der Waals surface area contributed by atoms with E-state index >= 15 is 0 Å². The van der Waals surface area contributed by atoms with Crippen molar-refractivity contribution in [2.45, 2.75) is 26.2 Å². The molecule has 0 spiro atoms. The summed E-state index contributed by atoms with van der Waals surface area (Å²) in [5.41, 5.74) is 1.35. The Balaban J connectivity index is 2.56. The van der Waals surface area contributed by atoms with Crippen molar-refractivity contribution in [3.05, 3.63) is 54.1 Å². The fourth-order valence-corrected chi connectivity index (χ4v) is 2.87. The molecule has 0 amide bonds. The van der Waals surface area contributed by atoms with Crippen LogP contribution in [0.3, 0.4) is 0 Å². The van der Waals surface area contributed by atoms with Crippen LogP contribution < -0.4 is 0 Å². The van der Waals surface area contributed by atoms with Gasteiger partial charge in [-0.15, -0.1) is 0 Å². The van der Waals surface area contributed by atoms with Crippen LogP contribution in [-0.4, -0.2) is 5.11 Å². The van der Waals surface area contributed by atoms with Gasteiger partial charge in [0.25, 0.3) is 0 Å². The van der Waals surface area contributed by atoms with Gasteiger partial charge in [-0.1, -0.05) is 62.4 Å². The summed E-state index contributed by atoms with van der Waals surface area (Å²) < 4.78 is 0. The number of hydrogen-bond donors (Lipinski definition) is 1. The molecule has 19 heavy (non-hydrogen) atoms. The molecule has 0 aliphatic carbocycles. The van der Waals surface area contributed by atoms with E-state index in [2.05, 4.69) is 26.0 Å². The van der Waals surface area contributed by atoms with Crippen molar-refractivity contribution < 1.29 is 5.11 Å². The average Bonchev–Trinajstić information content (AvgIpc) is 2.47. The molecule has 0 aliphatic heterocycles. The fraction of sp³-hybridized carbons (Fsp3) is 0.222. The highest BCUT2D eigenvalue weighted by atomic mass is 16.3. The van der Waals surface area contributed by atoms with Crippen LogP contribution in [0.4, 0.5) is 0 Å². The second-order valence-electron chi connectivity index (χ2n) is 5.16. The molecule has 0 bridgehead atoms. The van der Waals surface area contributed by atoms with Gasteiger partial charge in [0, 0.05) is 10.8 Å². The summed E-state index contributed by atoms with van der Waals surface area (Å²) in [7, 11) is 0. The summed E-state index contributed by atoms with van der Waals surface area (Å²) in [5.74, 6) is 0.883. The Bertz CT molecular complexity index is 686. The third-order valence-electron chi connectivity index (χ3n) is 4.05. The molecular formula is C18H18O. The molecule has 0 fully saturated rings. The van der Waals surface area contributed by atoms with Crippen LogP contribution in [0, 0.1) is 0 Å². The van der Waals surface area contributed by atoms with Crippen LogP contribution in [0.2, 0.25) is 0 Å². The lowest BCUT2D eigenvalue weighted by Crippen LogP contribution is -1.95. The van der Waals surface area contributed by atoms with Crippen LogP contribution in [0.5, 0.6) is 5.75 Å². The van der Waals surface area contributed by atoms with Gasteiger partial charge in [-0.2, -0.15) is 0 Å². The number of hydrogen-bond acceptors (Lipinski definition) is 1. The molecule has 0 saturated carbocycles. The lowest BCUT2D eigenvalue weighted by atomic mass is 9.87. The van der Waals surface area contributed by atoms with Gasteiger partial charge in [0.15, 0.2) is 0 Å². The third-order valence-corrected chi connectivity index (χ3v) is 4.05. The summed E-state index contributed by atoms with van der Waals surface area (Å²) >= 11 is 0. The van der Waals surface area contributed by atoms with E-state index in [0.29, 0.717) is 11.7 Å². The molecule has 1 N–H and O–H groups in total. The van der Waals surface area contributed by atoms with Crippen LogP contribution in [0.1, 0.15) is 31.7 Å². The van der Waals surface area contributed by atoms with E-state index < -0.39 is 0 Å². The van der Waals surface area contributed by atoms with Gasteiger partial charge >= 0.3 is 0 Å². The lowest BCUT2D eigenvalue weighted by Gasteiger charge is -2.17. The van der Waals surface area contributed by atoms with E-state index in [4.69, 9.17) is 0 Å². The highest BCUT2D eigenvalue weighted by molar-refractivity contribution is 6.08. The van der Waals surface area contributed by atoms with Crippen molar-refractivity contribution in [2.75, 3.05) is 0 Å². The maximum Gasteiger partial charge on any atom is 0.131 e. The Morgan fingerprint density at radius 2 is 1.26 bits per heavy atom. The van der Waals surface area contributed by atoms with Crippen molar-refractivity contribution in [3.8, 4) is 5.75 Å². The number of fused-ring (bicyclic) bond motifs is 2. The monoisotopic (exact) mass is 250 g/mol. The van der Waals surface area contributed by atoms with Crippen LogP contribution in [0.25, 0.3) is 21.5 Å². The molecule has 0 heterocycles. The van der Waals surface area contributed by atoms with Crippen LogP contribution >= 0.6 is 0 Å². The van der Waals surface area contributed by atoms with E-state index in [9.17, 15) is 5.11 Å². The zero-order valence-corrected chi connectivity index (χ0v) is 11.4. The lowest BCUT2D eigenvalue weighted by molar-refractivity contribution is 0.487. The average molecular weight is 250 g/mol. The molecule has 1 unspecified atom stereocenters. The summed E-state index contributed by atoms with van der Waals surface area (Å²) in [6.07, 6.45) is 1.10. The van der Waals surface area contributed by atoms with Crippen molar-refractivity contribution in [1.29, 1.82) is 0 Å². The first kappa shape index (κ1) is 12.0. The van der Waals surface area contributed by atoms with Crippen LogP contribution in [-0.2, 0) is 0 Å². The maximum atomic E-state index is 10.5. The SMILES string of the molecule is CCC(C)c1c2ccccc2c(O)c2ccccc12.